The molecule has 0 atom stereocenters. The van der Waals surface area contributed by atoms with E-state index in [0.29, 0.717) is 30.2 Å². The standard InChI is InChI=1S/C10H12ClNO3/c11-8-5-9(7-12-6-8)15-4-2-1-3-10(13)14/h5-7H,1-4H2,(H,13,14). The molecule has 0 aliphatic heterocycles. The third kappa shape index (κ3) is 5.22. The Labute approximate surface area is 92.8 Å². The van der Waals surface area contributed by atoms with Gasteiger partial charge in [-0.1, -0.05) is 11.6 Å². The van der Waals surface area contributed by atoms with Gasteiger partial charge >= 0.3 is 5.97 Å². The van der Waals surface area contributed by atoms with E-state index < -0.39 is 5.97 Å². The smallest absolute Gasteiger partial charge is 0.303 e. The van der Waals surface area contributed by atoms with E-state index in [1.165, 1.54) is 6.20 Å². The molecule has 0 spiro atoms. The van der Waals surface area contributed by atoms with Crippen molar-refractivity contribution < 1.29 is 14.6 Å². The number of rotatable bonds is 6. The lowest BCUT2D eigenvalue weighted by Crippen LogP contribution is -2.00. The molecule has 0 saturated carbocycles. The molecule has 0 bridgehead atoms. The predicted octanol–water partition coefficient (Wildman–Crippen LogP) is 2.37. The summed E-state index contributed by atoms with van der Waals surface area (Å²) in [4.78, 5) is 14.1. The van der Waals surface area contributed by atoms with Crippen molar-refractivity contribution in [2.45, 2.75) is 19.3 Å². The molecule has 0 fully saturated rings. The number of ether oxygens (including phenoxy) is 1. The van der Waals surface area contributed by atoms with Crippen LogP contribution in [0.3, 0.4) is 0 Å². The first-order chi connectivity index (χ1) is 7.18. The van der Waals surface area contributed by atoms with Gasteiger partial charge in [0.2, 0.25) is 0 Å². The highest BCUT2D eigenvalue weighted by Crippen LogP contribution is 2.15. The zero-order valence-corrected chi connectivity index (χ0v) is 8.91. The molecule has 0 aromatic carbocycles. The minimum Gasteiger partial charge on any atom is -0.492 e. The molecule has 0 aliphatic carbocycles. The highest BCUT2D eigenvalue weighted by molar-refractivity contribution is 6.30. The molecule has 1 aromatic heterocycles. The Hall–Kier alpha value is -1.29. The maximum Gasteiger partial charge on any atom is 0.303 e. The molecule has 0 aliphatic rings. The van der Waals surface area contributed by atoms with Gasteiger partial charge in [-0.05, 0) is 12.8 Å². The molecule has 15 heavy (non-hydrogen) atoms. The van der Waals surface area contributed by atoms with Crippen LogP contribution < -0.4 is 4.74 Å². The van der Waals surface area contributed by atoms with E-state index in [9.17, 15) is 4.79 Å². The van der Waals surface area contributed by atoms with Gasteiger partial charge in [0.25, 0.3) is 0 Å². The molecular formula is C10H12ClNO3. The Morgan fingerprint density at radius 2 is 2.27 bits per heavy atom. The first-order valence-corrected chi connectivity index (χ1v) is 5.01. The summed E-state index contributed by atoms with van der Waals surface area (Å²) < 4.78 is 5.33. The van der Waals surface area contributed by atoms with Crippen LogP contribution in [-0.2, 0) is 4.79 Å². The maximum absolute atomic E-state index is 10.2. The Morgan fingerprint density at radius 1 is 1.47 bits per heavy atom. The molecule has 82 valence electrons. The quantitative estimate of drug-likeness (QED) is 0.761. The number of hydrogen-bond donors (Lipinski definition) is 1. The number of carbonyl (C=O) groups is 1. The molecule has 0 amide bonds. The average Bonchev–Trinajstić information content (AvgIpc) is 2.17. The molecule has 0 saturated heterocycles. The predicted molar refractivity (Wildman–Crippen MR) is 56.2 cm³/mol. The van der Waals surface area contributed by atoms with Gasteiger partial charge in [0.05, 0.1) is 17.8 Å². The number of nitrogens with zero attached hydrogens (tertiary/aromatic N) is 1. The van der Waals surface area contributed by atoms with Crippen LogP contribution in [0.2, 0.25) is 5.02 Å². The van der Waals surface area contributed by atoms with Crippen molar-refractivity contribution in [3.8, 4) is 5.75 Å². The second kappa shape index (κ2) is 6.24. The van der Waals surface area contributed by atoms with Crippen molar-refractivity contribution >= 4 is 17.6 Å². The highest BCUT2D eigenvalue weighted by Gasteiger charge is 1.98. The van der Waals surface area contributed by atoms with Crippen LogP contribution in [0.25, 0.3) is 0 Å². The topological polar surface area (TPSA) is 59.4 Å². The van der Waals surface area contributed by atoms with Crippen molar-refractivity contribution in [3.63, 3.8) is 0 Å². The monoisotopic (exact) mass is 229 g/mol. The highest BCUT2D eigenvalue weighted by atomic mass is 35.5. The summed E-state index contributed by atoms with van der Waals surface area (Å²) >= 11 is 5.71. The SMILES string of the molecule is O=C(O)CCCCOc1cncc(Cl)c1. The summed E-state index contributed by atoms with van der Waals surface area (Å²) in [6.45, 7) is 0.481. The number of hydrogen-bond acceptors (Lipinski definition) is 3. The third-order valence-corrected chi connectivity index (χ3v) is 1.94. The Kier molecular flexibility index (Phi) is 4.90. The Bertz CT molecular complexity index is 330. The van der Waals surface area contributed by atoms with Crippen LogP contribution in [0.4, 0.5) is 0 Å². The van der Waals surface area contributed by atoms with Crippen molar-refractivity contribution in [1.82, 2.24) is 4.98 Å². The van der Waals surface area contributed by atoms with E-state index in [4.69, 9.17) is 21.4 Å². The molecular weight excluding hydrogens is 218 g/mol. The van der Waals surface area contributed by atoms with Crippen molar-refractivity contribution in [3.05, 3.63) is 23.5 Å². The maximum atomic E-state index is 10.2. The summed E-state index contributed by atoms with van der Waals surface area (Å²) in [6, 6.07) is 1.67. The van der Waals surface area contributed by atoms with E-state index in [1.807, 2.05) is 0 Å². The minimum atomic E-state index is -0.778. The van der Waals surface area contributed by atoms with E-state index in [2.05, 4.69) is 4.98 Å². The number of pyridine rings is 1. The normalized spacial score (nSPS) is 9.93. The first-order valence-electron chi connectivity index (χ1n) is 4.63. The fourth-order valence-corrected chi connectivity index (χ4v) is 1.20. The van der Waals surface area contributed by atoms with E-state index in [-0.39, 0.29) is 6.42 Å². The van der Waals surface area contributed by atoms with Crippen LogP contribution >= 0.6 is 11.6 Å². The van der Waals surface area contributed by atoms with Gasteiger partial charge in [-0.15, -0.1) is 0 Å². The summed E-state index contributed by atoms with van der Waals surface area (Å²) in [5.41, 5.74) is 0. The van der Waals surface area contributed by atoms with Crippen molar-refractivity contribution in [1.29, 1.82) is 0 Å². The number of carboxylic acids is 1. The number of carboxylic acid groups (broad SMARTS) is 1. The van der Waals surface area contributed by atoms with Gasteiger partial charge in [-0.25, -0.2) is 0 Å². The molecule has 5 heteroatoms. The Balaban J connectivity index is 2.17. The zero-order chi connectivity index (χ0) is 11.1. The van der Waals surface area contributed by atoms with Gasteiger partial charge in [0, 0.05) is 18.7 Å². The van der Waals surface area contributed by atoms with Crippen molar-refractivity contribution in [2.75, 3.05) is 6.61 Å². The summed E-state index contributed by atoms with van der Waals surface area (Å²) in [5, 5.41) is 8.92. The lowest BCUT2D eigenvalue weighted by molar-refractivity contribution is -0.137. The second-order valence-electron chi connectivity index (χ2n) is 3.04. The zero-order valence-electron chi connectivity index (χ0n) is 8.15. The van der Waals surface area contributed by atoms with Crippen molar-refractivity contribution in [2.24, 2.45) is 0 Å². The molecule has 1 aromatic rings. The van der Waals surface area contributed by atoms with E-state index in [0.717, 1.165) is 0 Å². The number of halogens is 1. The Morgan fingerprint density at radius 3 is 2.93 bits per heavy atom. The van der Waals surface area contributed by atoms with E-state index in [1.54, 1.807) is 12.3 Å². The summed E-state index contributed by atoms with van der Waals surface area (Å²) in [6.07, 6.45) is 4.60. The van der Waals surface area contributed by atoms with Crippen LogP contribution in [0.5, 0.6) is 5.75 Å². The minimum absolute atomic E-state index is 0.178. The van der Waals surface area contributed by atoms with Gasteiger partial charge in [0.15, 0.2) is 0 Å². The van der Waals surface area contributed by atoms with Crippen LogP contribution in [0, 0.1) is 0 Å². The molecule has 4 nitrogen and oxygen atoms in total. The van der Waals surface area contributed by atoms with Gasteiger partial charge in [0.1, 0.15) is 5.75 Å². The van der Waals surface area contributed by atoms with E-state index >= 15 is 0 Å². The molecule has 0 unspecified atom stereocenters. The molecule has 1 N–H and O–H groups in total. The van der Waals surface area contributed by atoms with Gasteiger partial charge in [-0.3, -0.25) is 9.78 Å². The molecule has 1 heterocycles. The second-order valence-corrected chi connectivity index (χ2v) is 3.47. The van der Waals surface area contributed by atoms with Crippen LogP contribution in [-0.4, -0.2) is 22.7 Å². The van der Waals surface area contributed by atoms with Crippen LogP contribution in [0.15, 0.2) is 18.5 Å². The van der Waals surface area contributed by atoms with Gasteiger partial charge in [-0.2, -0.15) is 0 Å². The first kappa shape index (κ1) is 11.8. The fourth-order valence-electron chi connectivity index (χ4n) is 1.04. The molecule has 0 radical (unpaired) electrons. The fraction of sp³-hybridized carbons (Fsp3) is 0.400. The lowest BCUT2D eigenvalue weighted by atomic mass is 10.2. The summed E-state index contributed by atoms with van der Waals surface area (Å²) in [5.74, 6) is -0.169. The number of aromatic nitrogens is 1. The number of unbranched alkanes of at least 4 members (excludes halogenated alkanes) is 1. The number of aliphatic carboxylic acids is 1. The summed E-state index contributed by atoms with van der Waals surface area (Å²) in [7, 11) is 0. The molecule has 1 rings (SSSR count). The largest absolute Gasteiger partial charge is 0.492 e. The lowest BCUT2D eigenvalue weighted by Gasteiger charge is -2.04. The third-order valence-electron chi connectivity index (χ3n) is 1.73. The van der Waals surface area contributed by atoms with Gasteiger partial charge < -0.3 is 9.84 Å². The van der Waals surface area contributed by atoms with Crippen LogP contribution in [0.1, 0.15) is 19.3 Å². The average molecular weight is 230 g/mol.